The molecule has 0 heterocycles. The maximum absolute atomic E-state index is 9.33. The number of hydrogen-bond acceptors (Lipinski definition) is 3. The predicted octanol–water partition coefficient (Wildman–Crippen LogP) is 2.26. The molecule has 3 nitrogen and oxygen atoms in total. The van der Waals surface area contributed by atoms with Gasteiger partial charge in [0, 0.05) is 13.1 Å². The second-order valence-electron chi connectivity index (χ2n) is 4.18. The quantitative estimate of drug-likeness (QED) is 0.726. The molecular weight excluding hydrogens is 200 g/mol. The fourth-order valence-electron chi connectivity index (χ4n) is 1.74. The molecule has 0 amide bonds. The van der Waals surface area contributed by atoms with Crippen molar-refractivity contribution in [3.8, 4) is 0 Å². The molecule has 1 aromatic rings. The Kier molecular flexibility index (Phi) is 5.12. The molecule has 1 rings (SSSR count). The van der Waals surface area contributed by atoms with Crippen molar-refractivity contribution in [2.24, 2.45) is 0 Å². The number of aliphatic hydroxyl groups is 1. The Morgan fingerprint density at radius 1 is 1.31 bits per heavy atom. The van der Waals surface area contributed by atoms with Crippen molar-refractivity contribution in [1.82, 2.24) is 0 Å². The summed E-state index contributed by atoms with van der Waals surface area (Å²) in [5, 5.41) is 9.33. The molecule has 0 spiro atoms. The van der Waals surface area contributed by atoms with Gasteiger partial charge in [0.15, 0.2) is 0 Å². The molecule has 0 bridgehead atoms. The van der Waals surface area contributed by atoms with Gasteiger partial charge in [-0.1, -0.05) is 19.1 Å². The van der Waals surface area contributed by atoms with Gasteiger partial charge in [0.1, 0.15) is 0 Å². The van der Waals surface area contributed by atoms with Gasteiger partial charge in [-0.15, -0.1) is 0 Å². The minimum absolute atomic E-state index is 0.260. The van der Waals surface area contributed by atoms with E-state index in [0.29, 0.717) is 0 Å². The normalized spacial score (nSPS) is 12.4. The van der Waals surface area contributed by atoms with Crippen molar-refractivity contribution in [3.05, 3.63) is 24.3 Å². The van der Waals surface area contributed by atoms with Gasteiger partial charge in [0.05, 0.1) is 17.5 Å². The Labute approximate surface area is 97.9 Å². The lowest BCUT2D eigenvalue weighted by atomic mass is 10.2. The summed E-state index contributed by atoms with van der Waals surface area (Å²) in [6, 6.07) is 7.89. The van der Waals surface area contributed by atoms with Gasteiger partial charge in [-0.25, -0.2) is 0 Å². The maximum Gasteiger partial charge on any atom is 0.0599 e. The number of nitrogens with two attached hydrogens (primary N) is 1. The second kappa shape index (κ2) is 6.38. The van der Waals surface area contributed by atoms with E-state index >= 15 is 0 Å². The van der Waals surface area contributed by atoms with Crippen molar-refractivity contribution in [3.63, 3.8) is 0 Å². The van der Waals surface area contributed by atoms with E-state index in [1.807, 2.05) is 31.2 Å². The van der Waals surface area contributed by atoms with Crippen LogP contribution in [0.4, 0.5) is 11.4 Å². The highest BCUT2D eigenvalue weighted by molar-refractivity contribution is 5.67. The number of rotatable bonds is 6. The lowest BCUT2D eigenvalue weighted by Crippen LogP contribution is -2.28. The zero-order chi connectivity index (χ0) is 12.0. The third-order valence-electron chi connectivity index (χ3n) is 2.59. The summed E-state index contributed by atoms with van der Waals surface area (Å²) >= 11 is 0. The maximum atomic E-state index is 9.33. The topological polar surface area (TPSA) is 49.5 Å². The van der Waals surface area contributed by atoms with E-state index in [-0.39, 0.29) is 6.10 Å². The van der Waals surface area contributed by atoms with Crippen LogP contribution in [0, 0.1) is 0 Å². The summed E-state index contributed by atoms with van der Waals surface area (Å²) in [5.74, 6) is 0. The minimum atomic E-state index is -0.260. The number of anilines is 2. The largest absolute Gasteiger partial charge is 0.397 e. The van der Waals surface area contributed by atoms with E-state index in [1.165, 1.54) is 0 Å². The van der Waals surface area contributed by atoms with Crippen LogP contribution in [0.25, 0.3) is 0 Å². The molecule has 0 radical (unpaired) electrons. The Bertz CT molecular complexity index is 313. The highest BCUT2D eigenvalue weighted by Gasteiger charge is 2.09. The van der Waals surface area contributed by atoms with Crippen molar-refractivity contribution >= 4 is 11.4 Å². The molecule has 0 fully saturated rings. The van der Waals surface area contributed by atoms with Crippen molar-refractivity contribution in [1.29, 1.82) is 0 Å². The highest BCUT2D eigenvalue weighted by Crippen LogP contribution is 2.22. The molecular formula is C13H22N2O. The van der Waals surface area contributed by atoms with Crippen molar-refractivity contribution < 1.29 is 5.11 Å². The summed E-state index contributed by atoms with van der Waals surface area (Å²) in [7, 11) is 0. The van der Waals surface area contributed by atoms with Gasteiger partial charge >= 0.3 is 0 Å². The Morgan fingerprint density at radius 3 is 2.56 bits per heavy atom. The van der Waals surface area contributed by atoms with E-state index in [4.69, 9.17) is 5.73 Å². The number of aliphatic hydroxyl groups excluding tert-OH is 1. The zero-order valence-electron chi connectivity index (χ0n) is 10.2. The van der Waals surface area contributed by atoms with E-state index in [9.17, 15) is 5.11 Å². The molecule has 0 aliphatic carbocycles. The molecule has 0 aliphatic rings. The number of hydrogen-bond donors (Lipinski definition) is 2. The fourth-order valence-corrected chi connectivity index (χ4v) is 1.74. The SMILES string of the molecule is CCCN(CCC(C)O)c1ccccc1N. The van der Waals surface area contributed by atoms with E-state index in [2.05, 4.69) is 11.8 Å². The van der Waals surface area contributed by atoms with Gasteiger partial charge in [-0.2, -0.15) is 0 Å². The number of benzene rings is 1. The molecule has 3 N–H and O–H groups in total. The lowest BCUT2D eigenvalue weighted by Gasteiger charge is -2.26. The van der Waals surface area contributed by atoms with Crippen LogP contribution in [-0.2, 0) is 0 Å². The standard InChI is InChI=1S/C13H22N2O/c1-3-9-15(10-8-11(2)16)13-7-5-4-6-12(13)14/h4-7,11,16H,3,8-10,14H2,1-2H3. The lowest BCUT2D eigenvalue weighted by molar-refractivity contribution is 0.186. The smallest absolute Gasteiger partial charge is 0.0599 e. The van der Waals surface area contributed by atoms with E-state index < -0.39 is 0 Å². The molecule has 16 heavy (non-hydrogen) atoms. The first-order chi connectivity index (χ1) is 7.65. The van der Waals surface area contributed by atoms with Crippen LogP contribution in [-0.4, -0.2) is 24.3 Å². The van der Waals surface area contributed by atoms with Crippen LogP contribution in [0.2, 0.25) is 0 Å². The second-order valence-corrected chi connectivity index (χ2v) is 4.18. The van der Waals surface area contributed by atoms with Crippen LogP contribution in [0.5, 0.6) is 0 Å². The summed E-state index contributed by atoms with van der Waals surface area (Å²) < 4.78 is 0. The monoisotopic (exact) mass is 222 g/mol. The van der Waals surface area contributed by atoms with Gasteiger partial charge < -0.3 is 15.7 Å². The van der Waals surface area contributed by atoms with E-state index in [0.717, 1.165) is 37.3 Å². The predicted molar refractivity (Wildman–Crippen MR) is 69.7 cm³/mol. The minimum Gasteiger partial charge on any atom is -0.397 e. The first-order valence-corrected chi connectivity index (χ1v) is 5.92. The summed E-state index contributed by atoms with van der Waals surface area (Å²) in [6.07, 6.45) is 1.59. The van der Waals surface area contributed by atoms with Gasteiger partial charge in [0.25, 0.3) is 0 Å². The molecule has 0 aromatic heterocycles. The van der Waals surface area contributed by atoms with Crippen molar-refractivity contribution in [2.45, 2.75) is 32.8 Å². The fraction of sp³-hybridized carbons (Fsp3) is 0.538. The zero-order valence-corrected chi connectivity index (χ0v) is 10.2. The summed E-state index contributed by atoms with van der Waals surface area (Å²) in [5.41, 5.74) is 7.84. The molecule has 0 saturated carbocycles. The molecule has 1 aromatic carbocycles. The Balaban J connectivity index is 2.73. The van der Waals surface area contributed by atoms with Gasteiger partial charge in [-0.05, 0) is 31.9 Å². The van der Waals surface area contributed by atoms with Crippen LogP contribution in [0.1, 0.15) is 26.7 Å². The highest BCUT2D eigenvalue weighted by atomic mass is 16.3. The van der Waals surface area contributed by atoms with Crippen LogP contribution >= 0.6 is 0 Å². The molecule has 90 valence electrons. The first kappa shape index (κ1) is 12.8. The molecule has 1 unspecified atom stereocenters. The number of nitrogen functional groups attached to an aromatic ring is 1. The molecule has 1 atom stereocenters. The van der Waals surface area contributed by atoms with Gasteiger partial charge in [-0.3, -0.25) is 0 Å². The average Bonchev–Trinajstić information content (AvgIpc) is 2.25. The van der Waals surface area contributed by atoms with Gasteiger partial charge in [0.2, 0.25) is 0 Å². The summed E-state index contributed by atoms with van der Waals surface area (Å²) in [6.45, 7) is 5.79. The van der Waals surface area contributed by atoms with Crippen LogP contribution in [0.3, 0.4) is 0 Å². The Hall–Kier alpha value is -1.22. The molecule has 0 aliphatic heterocycles. The molecule has 0 saturated heterocycles. The average molecular weight is 222 g/mol. The van der Waals surface area contributed by atoms with Crippen LogP contribution in [0.15, 0.2) is 24.3 Å². The van der Waals surface area contributed by atoms with E-state index in [1.54, 1.807) is 0 Å². The number of para-hydroxylation sites is 2. The summed E-state index contributed by atoms with van der Waals surface area (Å²) in [4.78, 5) is 2.24. The Morgan fingerprint density at radius 2 is 2.00 bits per heavy atom. The molecule has 3 heteroatoms. The van der Waals surface area contributed by atoms with Crippen molar-refractivity contribution in [2.75, 3.05) is 23.7 Å². The van der Waals surface area contributed by atoms with Crippen LogP contribution < -0.4 is 10.6 Å². The third kappa shape index (κ3) is 3.74. The first-order valence-electron chi connectivity index (χ1n) is 5.92. The third-order valence-corrected chi connectivity index (χ3v) is 2.59. The number of nitrogens with zero attached hydrogens (tertiary/aromatic N) is 1.